The minimum atomic E-state index is -5.79. The molecule has 0 bridgehead atoms. The first kappa shape index (κ1) is 64.3. The third kappa shape index (κ3) is 13.0. The number of benzene rings is 6. The largest absolute Gasteiger partial charge is 0.497 e. The summed E-state index contributed by atoms with van der Waals surface area (Å²) in [5, 5.41) is 0. The molecule has 0 aliphatic carbocycles. The zero-order valence-corrected chi connectivity index (χ0v) is 52.1. The number of rotatable bonds is 18. The van der Waals surface area contributed by atoms with E-state index in [4.69, 9.17) is 14.2 Å². The van der Waals surface area contributed by atoms with Crippen molar-refractivity contribution in [2.24, 2.45) is 0 Å². The second kappa shape index (κ2) is 23.8. The summed E-state index contributed by atoms with van der Waals surface area (Å²) in [6, 6.07) is 30.8. The van der Waals surface area contributed by atoms with Crippen LogP contribution in [-0.2, 0) is 15.3 Å². The van der Waals surface area contributed by atoms with E-state index >= 15 is 0 Å². The van der Waals surface area contributed by atoms with Crippen LogP contribution in [0.25, 0.3) is 11.1 Å². The number of hydrogen-bond donors (Lipinski definition) is 2. The summed E-state index contributed by atoms with van der Waals surface area (Å²) in [6.07, 6.45) is -11.6. The fourth-order valence-electron chi connectivity index (χ4n) is 10.1. The van der Waals surface area contributed by atoms with Crippen LogP contribution < -0.4 is 33.0 Å². The number of halogens is 6. The van der Waals surface area contributed by atoms with Crippen molar-refractivity contribution in [3.05, 3.63) is 150 Å². The molecule has 0 amide bonds. The summed E-state index contributed by atoms with van der Waals surface area (Å²) in [7, 11) is 13.1. The number of aryl methyl sites for hydroxylation is 1. The van der Waals surface area contributed by atoms with E-state index in [1.807, 2.05) is 12.1 Å². The maximum atomic E-state index is 14.7. The van der Waals surface area contributed by atoms with Gasteiger partial charge >= 0.3 is 27.4 Å². The van der Waals surface area contributed by atoms with E-state index in [1.54, 1.807) is 12.1 Å². The monoisotopic (exact) mass is 1190 g/mol. The molecule has 0 fully saturated rings. The molecule has 0 aromatic heterocycles. The molecular weight excluding hydrogens is 1110 g/mol. The van der Waals surface area contributed by atoms with Crippen molar-refractivity contribution in [2.75, 3.05) is 86.9 Å². The molecule has 0 saturated carbocycles. The highest BCUT2D eigenvalue weighted by Gasteiger charge is 2.72. The Morgan fingerprint density at radius 2 is 0.741 bits per heavy atom. The first-order valence-corrected chi connectivity index (χ1v) is 30.7. The fraction of sp³-hybridized carbons (Fsp3) is 0.390. The summed E-state index contributed by atoms with van der Waals surface area (Å²) in [4.78, 5) is -0.124. The van der Waals surface area contributed by atoms with Gasteiger partial charge in [-0.25, -0.2) is 36.6 Å². The van der Waals surface area contributed by atoms with Gasteiger partial charge < -0.3 is 14.2 Å². The first-order valence-electron chi connectivity index (χ1n) is 25.9. The van der Waals surface area contributed by atoms with Crippen LogP contribution in [0, 0.1) is 6.92 Å². The van der Waals surface area contributed by atoms with Gasteiger partial charge in [-0.1, -0.05) is 36.4 Å². The van der Waals surface area contributed by atoms with Crippen LogP contribution in [0.15, 0.2) is 143 Å². The number of methoxy groups -OCH3 is 1. The fourth-order valence-corrected chi connectivity index (χ4v) is 18.8. The predicted molar refractivity (Wildman–Crippen MR) is 314 cm³/mol. The molecule has 0 aliphatic rings. The highest BCUT2D eigenvalue weighted by molar-refractivity contribution is 7.91. The summed E-state index contributed by atoms with van der Waals surface area (Å²) in [5.41, 5.74) is -2.08. The Hall–Kier alpha value is -5.85. The Kier molecular flexibility index (Phi) is 18.9. The minimum absolute atomic E-state index is 0.0318. The average Bonchev–Trinajstić information content (AvgIpc) is 3.40. The molecule has 0 saturated heterocycles. The van der Waals surface area contributed by atoms with E-state index in [2.05, 4.69) is 181 Å². The third-order valence-corrected chi connectivity index (χ3v) is 23.8. The molecule has 81 heavy (non-hydrogen) atoms. The maximum absolute atomic E-state index is 14.7. The SMILES string of the molecule is COc1ccc(C(c2ccc(Oc3ccc(S(=O)(=O)c4ccc(Oc5ccc(-c6ccc(C)cc6N(C)P(=[NH+]C(C)(C)C)(N(C)C)N(C)C)c(N(C)P(=[NH+]C(C)(C)C)(N(C)C)N(C)C)c5)cc4)cc3)cc2)(C(F)(F)F)C(F)(F)F)cc1. The Balaban J connectivity index is 1.35. The Morgan fingerprint density at radius 3 is 1.07 bits per heavy atom. The average molecular weight is 1190 g/mol. The minimum Gasteiger partial charge on any atom is -0.497 e. The second-order valence-corrected chi connectivity index (χ2v) is 31.7. The quantitative estimate of drug-likeness (QED) is 0.0634. The van der Waals surface area contributed by atoms with Crippen LogP contribution in [-0.4, -0.2) is 128 Å². The van der Waals surface area contributed by atoms with Crippen molar-refractivity contribution >= 4 is 36.2 Å². The molecule has 440 valence electrons. The van der Waals surface area contributed by atoms with Gasteiger partial charge in [0.15, 0.2) is 11.1 Å². The van der Waals surface area contributed by atoms with Gasteiger partial charge in [-0.3, -0.25) is 9.34 Å². The standard InChI is InChI=1S/C59H76F6N8O5P2S/c1-41-19-37-51(53(39-41)72(16)79(68(8)9,69(10)11)66-55(2,3)4)52-38-32-48(40-54(52)73(17)80(70(12)13,71(14)15)67-56(5,6)7)78-47-30-35-50(36-31-47)81(74,75)49-33-28-46(29-34-49)77-45-26-22-43(23-27-45)57(58(60,61)62,59(63,64)65)42-20-24-44(76-18)25-21-42/h19-40H,1-18H3/p+2. The summed E-state index contributed by atoms with van der Waals surface area (Å²) in [5.74, 6) is 0.963. The molecule has 0 atom stereocenters. The van der Waals surface area contributed by atoms with Crippen LogP contribution >= 0.6 is 15.0 Å². The van der Waals surface area contributed by atoms with Gasteiger partial charge in [0, 0.05) is 31.3 Å². The van der Waals surface area contributed by atoms with Crippen LogP contribution in [0.1, 0.15) is 58.2 Å². The predicted octanol–water partition coefficient (Wildman–Crippen LogP) is 12.3. The summed E-state index contributed by atoms with van der Waals surface area (Å²) < 4.78 is 155. The van der Waals surface area contributed by atoms with Gasteiger partial charge in [0.05, 0.1) is 28.3 Å². The number of hydrogen-bond acceptors (Lipinski definition) is 5. The van der Waals surface area contributed by atoms with E-state index in [-0.39, 0.29) is 38.1 Å². The number of nitrogens with one attached hydrogen (secondary N) is 2. The molecule has 0 radical (unpaired) electrons. The van der Waals surface area contributed by atoms with Crippen molar-refractivity contribution in [1.82, 2.24) is 18.7 Å². The zero-order valence-electron chi connectivity index (χ0n) is 49.5. The Labute approximate surface area is 475 Å². The van der Waals surface area contributed by atoms with Crippen molar-refractivity contribution in [3.63, 3.8) is 0 Å². The topological polar surface area (TPSA) is 109 Å². The Bertz CT molecular complexity index is 3360. The highest BCUT2D eigenvalue weighted by atomic mass is 32.2. The first-order chi connectivity index (χ1) is 37.4. The molecule has 2 N–H and O–H groups in total. The second-order valence-electron chi connectivity index (χ2n) is 22.6. The van der Waals surface area contributed by atoms with Crippen molar-refractivity contribution in [1.29, 1.82) is 0 Å². The lowest BCUT2D eigenvalue weighted by Crippen LogP contribution is -2.83. The number of ether oxygens (including phenoxy) is 3. The number of anilines is 2. The molecule has 6 aromatic carbocycles. The van der Waals surface area contributed by atoms with Gasteiger partial charge in [-0.2, -0.15) is 26.3 Å². The molecule has 0 heterocycles. The van der Waals surface area contributed by atoms with Gasteiger partial charge in [0.2, 0.25) is 15.3 Å². The molecule has 6 rings (SSSR count). The molecular formula is C59H78F6N8O5P2S+2. The van der Waals surface area contributed by atoms with Crippen molar-refractivity contribution in [2.45, 2.75) is 87.1 Å². The lowest BCUT2D eigenvalue weighted by atomic mass is 9.73. The van der Waals surface area contributed by atoms with Gasteiger partial charge in [-0.15, -0.1) is 0 Å². The summed E-state index contributed by atoms with van der Waals surface area (Å²) >= 11 is 0. The smallest absolute Gasteiger partial charge is 0.411 e. The van der Waals surface area contributed by atoms with Gasteiger partial charge in [0.25, 0.3) is 0 Å². The molecule has 0 aliphatic heterocycles. The highest BCUT2D eigenvalue weighted by Crippen LogP contribution is 2.59. The van der Waals surface area contributed by atoms with Crippen LogP contribution in [0.3, 0.4) is 0 Å². The summed E-state index contributed by atoms with van der Waals surface area (Å²) in [6.45, 7) is 15.1. The third-order valence-electron chi connectivity index (χ3n) is 13.5. The lowest BCUT2D eigenvalue weighted by Gasteiger charge is -2.41. The molecule has 0 unspecified atom stereocenters. The van der Waals surface area contributed by atoms with Gasteiger partial charge in [0.1, 0.15) is 28.7 Å². The van der Waals surface area contributed by atoms with E-state index in [0.29, 0.717) is 23.6 Å². The van der Waals surface area contributed by atoms with Crippen molar-refractivity contribution in [3.8, 4) is 39.9 Å². The van der Waals surface area contributed by atoms with Gasteiger partial charge in [-0.05, 0) is 213 Å². The normalized spacial score (nSPS) is 13.2. The number of sulfone groups is 1. The molecule has 13 nitrogen and oxygen atoms in total. The maximum Gasteiger partial charge on any atom is 0.411 e. The molecule has 0 spiro atoms. The van der Waals surface area contributed by atoms with Crippen molar-refractivity contribution < 1.29 is 58.5 Å². The number of alkyl halides is 6. The molecule has 6 aromatic rings. The lowest BCUT2D eigenvalue weighted by molar-refractivity contribution is -0.525. The van der Waals surface area contributed by atoms with E-state index < -0.39 is 53.7 Å². The zero-order chi connectivity index (χ0) is 60.6. The van der Waals surface area contributed by atoms with Crippen LogP contribution in [0.5, 0.6) is 28.7 Å². The van der Waals surface area contributed by atoms with Crippen LogP contribution in [0.2, 0.25) is 0 Å². The van der Waals surface area contributed by atoms with E-state index in [9.17, 15) is 34.8 Å². The number of nitrogens with zero attached hydrogens (tertiary/aromatic N) is 6. The van der Waals surface area contributed by atoms with E-state index in [1.165, 1.54) is 43.5 Å². The Morgan fingerprint density at radius 1 is 0.432 bits per heavy atom. The van der Waals surface area contributed by atoms with E-state index in [0.717, 1.165) is 64.5 Å². The van der Waals surface area contributed by atoms with Crippen LogP contribution in [0.4, 0.5) is 37.7 Å². The molecule has 22 heteroatoms.